The quantitative estimate of drug-likeness (QED) is 0.887. The fourth-order valence-corrected chi connectivity index (χ4v) is 3.61. The lowest BCUT2D eigenvalue weighted by molar-refractivity contribution is 0.105. The molecule has 110 valence electrons. The third-order valence-corrected chi connectivity index (χ3v) is 4.78. The number of β-amino-alcohol motifs (C(OH)–C–C–N with tert-alkyl or cyclic N) is 1. The van der Waals surface area contributed by atoms with E-state index in [4.69, 9.17) is 0 Å². The number of hydrogen-bond donors (Lipinski definition) is 2. The van der Waals surface area contributed by atoms with Gasteiger partial charge in [-0.25, -0.2) is 0 Å². The predicted octanol–water partition coefficient (Wildman–Crippen LogP) is 2.19. The molecule has 2 heterocycles. The summed E-state index contributed by atoms with van der Waals surface area (Å²) in [5.74, 6) is 0.457. The molecule has 1 saturated heterocycles. The Morgan fingerprint density at radius 2 is 2.10 bits per heavy atom. The maximum atomic E-state index is 10.6. The highest BCUT2D eigenvalue weighted by molar-refractivity contribution is 5.55. The summed E-state index contributed by atoms with van der Waals surface area (Å²) in [6.07, 6.45) is 5.64. The molecule has 20 heavy (non-hydrogen) atoms. The largest absolute Gasteiger partial charge is 0.391 e. The highest BCUT2D eigenvalue weighted by Crippen LogP contribution is 2.28. The summed E-state index contributed by atoms with van der Waals surface area (Å²) in [5, 5.41) is 14.0. The van der Waals surface area contributed by atoms with Gasteiger partial charge in [-0.2, -0.15) is 0 Å². The van der Waals surface area contributed by atoms with Crippen LogP contribution in [-0.4, -0.2) is 37.4 Å². The molecule has 3 rings (SSSR count). The molecular formula is C17H26N2O. The van der Waals surface area contributed by atoms with Gasteiger partial charge in [-0.05, 0) is 62.7 Å². The van der Waals surface area contributed by atoms with Gasteiger partial charge in [0.2, 0.25) is 0 Å². The minimum Gasteiger partial charge on any atom is -0.391 e. The predicted molar refractivity (Wildman–Crippen MR) is 83.2 cm³/mol. The molecule has 0 spiro atoms. The van der Waals surface area contributed by atoms with Crippen molar-refractivity contribution >= 4 is 5.69 Å². The standard InChI is InChI=1S/C17H26N2O/c20-17(15-6-3-10-18-11-9-15)13-19-12-4-7-14-5-1-2-8-16(14)19/h1-2,5,8,15,17-18,20H,3-4,6-7,9-13H2. The lowest BCUT2D eigenvalue weighted by Gasteiger charge is -2.34. The molecule has 2 unspecified atom stereocenters. The van der Waals surface area contributed by atoms with Crippen molar-refractivity contribution in [1.29, 1.82) is 0 Å². The Morgan fingerprint density at radius 1 is 1.20 bits per heavy atom. The van der Waals surface area contributed by atoms with E-state index < -0.39 is 0 Å². The highest BCUT2D eigenvalue weighted by Gasteiger charge is 2.25. The Morgan fingerprint density at radius 3 is 3.05 bits per heavy atom. The van der Waals surface area contributed by atoms with E-state index in [9.17, 15) is 5.11 Å². The van der Waals surface area contributed by atoms with Crippen molar-refractivity contribution in [1.82, 2.24) is 5.32 Å². The Hall–Kier alpha value is -1.06. The maximum Gasteiger partial charge on any atom is 0.0743 e. The van der Waals surface area contributed by atoms with Gasteiger partial charge in [-0.15, -0.1) is 0 Å². The topological polar surface area (TPSA) is 35.5 Å². The zero-order valence-electron chi connectivity index (χ0n) is 12.2. The monoisotopic (exact) mass is 274 g/mol. The molecule has 0 saturated carbocycles. The summed E-state index contributed by atoms with van der Waals surface area (Å²) in [7, 11) is 0. The molecule has 2 aliphatic heterocycles. The van der Waals surface area contributed by atoms with Gasteiger partial charge < -0.3 is 15.3 Å². The molecule has 2 atom stereocenters. The summed E-state index contributed by atoms with van der Waals surface area (Å²) in [6, 6.07) is 8.66. The molecule has 0 aromatic heterocycles. The van der Waals surface area contributed by atoms with E-state index in [-0.39, 0.29) is 6.10 Å². The molecule has 2 N–H and O–H groups in total. The van der Waals surface area contributed by atoms with Crippen molar-refractivity contribution in [3.8, 4) is 0 Å². The molecule has 0 bridgehead atoms. The number of aryl methyl sites for hydroxylation is 1. The first-order chi connectivity index (χ1) is 9.84. The van der Waals surface area contributed by atoms with Crippen molar-refractivity contribution in [2.24, 2.45) is 5.92 Å². The zero-order chi connectivity index (χ0) is 13.8. The number of fused-ring (bicyclic) bond motifs is 1. The number of benzene rings is 1. The Balaban J connectivity index is 1.65. The van der Waals surface area contributed by atoms with Crippen LogP contribution in [0.5, 0.6) is 0 Å². The van der Waals surface area contributed by atoms with Crippen LogP contribution in [0.25, 0.3) is 0 Å². The van der Waals surface area contributed by atoms with E-state index in [0.717, 1.165) is 39.0 Å². The van der Waals surface area contributed by atoms with Crippen molar-refractivity contribution in [2.75, 3.05) is 31.1 Å². The molecule has 1 fully saturated rings. The Bertz CT molecular complexity index is 427. The number of anilines is 1. The molecule has 0 aliphatic carbocycles. The first kappa shape index (κ1) is 13.9. The van der Waals surface area contributed by atoms with Gasteiger partial charge in [0.25, 0.3) is 0 Å². The second kappa shape index (κ2) is 6.59. The van der Waals surface area contributed by atoms with E-state index in [1.54, 1.807) is 0 Å². The van der Waals surface area contributed by atoms with Crippen LogP contribution in [0, 0.1) is 5.92 Å². The van der Waals surface area contributed by atoms with Gasteiger partial charge in [-0.3, -0.25) is 0 Å². The molecular weight excluding hydrogens is 248 g/mol. The first-order valence-corrected chi connectivity index (χ1v) is 8.06. The van der Waals surface area contributed by atoms with Crippen molar-refractivity contribution in [3.63, 3.8) is 0 Å². The molecule has 2 aliphatic rings. The molecule has 1 aromatic carbocycles. The summed E-state index contributed by atoms with van der Waals surface area (Å²) in [5.41, 5.74) is 2.78. The fraction of sp³-hybridized carbons (Fsp3) is 0.647. The van der Waals surface area contributed by atoms with Gasteiger partial charge in [0.15, 0.2) is 0 Å². The molecule has 3 heteroatoms. The van der Waals surface area contributed by atoms with Gasteiger partial charge in [0.1, 0.15) is 0 Å². The van der Waals surface area contributed by atoms with E-state index >= 15 is 0 Å². The van der Waals surface area contributed by atoms with Gasteiger partial charge in [0, 0.05) is 18.8 Å². The van der Waals surface area contributed by atoms with Crippen LogP contribution >= 0.6 is 0 Å². The van der Waals surface area contributed by atoms with E-state index in [1.807, 2.05) is 0 Å². The average molecular weight is 274 g/mol. The maximum absolute atomic E-state index is 10.6. The second-order valence-corrected chi connectivity index (χ2v) is 6.19. The van der Waals surface area contributed by atoms with Crippen LogP contribution in [0.15, 0.2) is 24.3 Å². The number of aliphatic hydroxyl groups is 1. The van der Waals surface area contributed by atoms with Crippen LogP contribution in [0.2, 0.25) is 0 Å². The van der Waals surface area contributed by atoms with Gasteiger partial charge in [-0.1, -0.05) is 18.2 Å². The van der Waals surface area contributed by atoms with Crippen molar-refractivity contribution in [2.45, 2.75) is 38.2 Å². The number of para-hydroxylation sites is 1. The number of nitrogens with one attached hydrogen (secondary N) is 1. The molecule has 1 aromatic rings. The molecule has 0 radical (unpaired) electrons. The minimum absolute atomic E-state index is 0.193. The van der Waals surface area contributed by atoms with E-state index in [2.05, 4.69) is 34.5 Å². The number of hydrogen-bond acceptors (Lipinski definition) is 3. The minimum atomic E-state index is -0.193. The SMILES string of the molecule is OC(CN1CCCc2ccccc21)C1CCCNCC1. The Kier molecular flexibility index (Phi) is 4.58. The lowest BCUT2D eigenvalue weighted by atomic mass is 9.93. The molecule has 3 nitrogen and oxygen atoms in total. The van der Waals surface area contributed by atoms with E-state index in [0.29, 0.717) is 5.92 Å². The second-order valence-electron chi connectivity index (χ2n) is 6.19. The van der Waals surface area contributed by atoms with Gasteiger partial charge >= 0.3 is 0 Å². The van der Waals surface area contributed by atoms with Crippen LogP contribution < -0.4 is 10.2 Å². The highest BCUT2D eigenvalue weighted by atomic mass is 16.3. The van der Waals surface area contributed by atoms with Crippen LogP contribution in [0.1, 0.15) is 31.2 Å². The van der Waals surface area contributed by atoms with Gasteiger partial charge in [0.05, 0.1) is 6.10 Å². The van der Waals surface area contributed by atoms with Crippen molar-refractivity contribution in [3.05, 3.63) is 29.8 Å². The van der Waals surface area contributed by atoms with Crippen LogP contribution in [-0.2, 0) is 6.42 Å². The number of rotatable bonds is 3. The summed E-state index contributed by atoms with van der Waals surface area (Å²) in [6.45, 7) is 4.04. The van der Waals surface area contributed by atoms with Crippen molar-refractivity contribution < 1.29 is 5.11 Å². The first-order valence-electron chi connectivity index (χ1n) is 8.06. The third-order valence-electron chi connectivity index (χ3n) is 4.78. The molecule has 0 amide bonds. The van der Waals surface area contributed by atoms with Crippen LogP contribution in [0.3, 0.4) is 0 Å². The number of aliphatic hydroxyl groups excluding tert-OH is 1. The average Bonchev–Trinajstić information content (AvgIpc) is 2.77. The summed E-state index contributed by atoms with van der Waals surface area (Å²) in [4.78, 5) is 2.39. The summed E-state index contributed by atoms with van der Waals surface area (Å²) >= 11 is 0. The fourth-order valence-electron chi connectivity index (χ4n) is 3.61. The third kappa shape index (κ3) is 3.15. The van der Waals surface area contributed by atoms with Crippen LogP contribution in [0.4, 0.5) is 5.69 Å². The normalized spacial score (nSPS) is 24.9. The smallest absolute Gasteiger partial charge is 0.0743 e. The van der Waals surface area contributed by atoms with E-state index in [1.165, 1.54) is 30.5 Å². The Labute approximate surface area is 122 Å². The summed E-state index contributed by atoms with van der Waals surface area (Å²) < 4.78 is 0. The lowest BCUT2D eigenvalue weighted by Crippen LogP contribution is -2.39. The zero-order valence-corrected chi connectivity index (χ0v) is 12.2. The number of nitrogens with zero attached hydrogens (tertiary/aromatic N) is 1.